The number of phosphoric ester groups is 1. The van der Waals surface area contributed by atoms with E-state index in [4.69, 9.17) is 42.8 Å². The Morgan fingerprint density at radius 3 is 1.41 bits per heavy atom. The molecule has 0 aromatic rings. The van der Waals surface area contributed by atoms with E-state index in [2.05, 4.69) is 4.52 Å². The molecule has 0 aromatic carbocycles. The zero-order valence-electron chi connectivity index (χ0n) is 28.1. The molecule has 0 aromatic heterocycles. The Morgan fingerprint density at radius 1 is 0.500 bits per heavy atom. The zero-order chi connectivity index (χ0) is 40.2. The molecule has 0 saturated carbocycles. The van der Waals surface area contributed by atoms with Crippen molar-refractivity contribution in [3.05, 3.63) is 0 Å². The van der Waals surface area contributed by atoms with Gasteiger partial charge in [-0.15, -0.1) is 0 Å². The van der Waals surface area contributed by atoms with Gasteiger partial charge in [0.1, 0.15) is 104 Å². The second-order valence-corrected chi connectivity index (χ2v) is 14.2. The van der Waals surface area contributed by atoms with Crippen LogP contribution in [0, 0.1) is 0 Å². The van der Waals surface area contributed by atoms with Gasteiger partial charge in [0, 0.05) is 0 Å². The van der Waals surface area contributed by atoms with Crippen LogP contribution in [0.15, 0.2) is 0 Å². The summed E-state index contributed by atoms with van der Waals surface area (Å²) in [6.07, 6.45) is -39.8. The van der Waals surface area contributed by atoms with E-state index in [9.17, 15) is 80.9 Å². The van der Waals surface area contributed by atoms with Crippen molar-refractivity contribution in [2.75, 3.05) is 39.6 Å². The average molecular weight is 821 g/mol. The largest absolute Gasteiger partial charge is 0.472 e. The minimum Gasteiger partial charge on any atom is -0.394 e. The molecule has 4 rings (SSSR count). The van der Waals surface area contributed by atoms with Crippen LogP contribution in [-0.4, -0.2) is 250 Å². The minimum absolute atomic E-state index is 0.841. The molecule has 0 amide bonds. The Bertz CT molecular complexity index is 1190. The molecule has 0 spiro atoms. The Labute approximate surface area is 304 Å². The molecule has 4 heterocycles. The van der Waals surface area contributed by atoms with Crippen LogP contribution < -0.4 is 0 Å². The molecule has 4 aliphatic heterocycles. The highest BCUT2D eigenvalue weighted by Crippen LogP contribution is 2.47. The molecule has 0 bridgehead atoms. The third kappa shape index (κ3) is 10.3. The second kappa shape index (κ2) is 19.8. The van der Waals surface area contributed by atoms with Crippen LogP contribution in [0.5, 0.6) is 0 Å². The standard InChI is InChI=1S/C27H49O26P/c28-1-7(33)6-45-54(43,44)53-22-11(5-32)49-25(18(40)15(22)37)50-21-10(4-31)48-26(17(39)14(21)36)52-23-12(34)8(2-29)47-27(19(23)41)51-20-9(3-30)46-24(42)16(38)13(20)35/h7-42H,1-6H2,(H,43,44)/t7?,8-,9-,10-,11-,12+,13-,14-,15-,16-,17-,18-,19-,20-,21+,22-,23+,24-,25-,26-,27+/m1/s1. The Kier molecular flexibility index (Phi) is 16.8. The van der Waals surface area contributed by atoms with Crippen LogP contribution in [0.4, 0.5) is 0 Å². The predicted molar refractivity (Wildman–Crippen MR) is 162 cm³/mol. The molecule has 16 N–H and O–H groups in total. The van der Waals surface area contributed by atoms with E-state index in [1.165, 1.54) is 0 Å². The van der Waals surface area contributed by atoms with Gasteiger partial charge in [0.25, 0.3) is 0 Å². The average Bonchev–Trinajstić information content (AvgIpc) is 3.15. The van der Waals surface area contributed by atoms with Crippen molar-refractivity contribution in [2.24, 2.45) is 0 Å². The summed E-state index contributed by atoms with van der Waals surface area (Å²) in [6.45, 7) is -5.57. The summed E-state index contributed by atoms with van der Waals surface area (Å²) in [5, 5.41) is 153. The summed E-state index contributed by atoms with van der Waals surface area (Å²) in [7, 11) is -5.12. The molecule has 22 atom stereocenters. The number of phosphoric acid groups is 1. The van der Waals surface area contributed by atoms with Crippen LogP contribution in [-0.2, 0) is 46.8 Å². The summed E-state index contributed by atoms with van der Waals surface area (Å²) in [4.78, 5) is 9.97. The summed E-state index contributed by atoms with van der Waals surface area (Å²) in [6, 6.07) is 0. The molecule has 4 fully saturated rings. The third-order valence-corrected chi connectivity index (χ3v) is 10.1. The normalized spacial score (nSPS) is 47.9. The maximum Gasteiger partial charge on any atom is 0.472 e. The first-order valence-electron chi connectivity index (χ1n) is 16.5. The predicted octanol–water partition coefficient (Wildman–Crippen LogP) is -10.3. The van der Waals surface area contributed by atoms with Gasteiger partial charge in [-0.25, -0.2) is 4.57 Å². The molecular formula is C27H49O26P. The zero-order valence-corrected chi connectivity index (χ0v) is 28.9. The highest BCUT2D eigenvalue weighted by atomic mass is 31.2. The topological polar surface area (TPSA) is 424 Å². The Balaban J connectivity index is 1.45. The minimum atomic E-state index is -5.12. The quantitative estimate of drug-likeness (QED) is 0.0643. The fourth-order valence-corrected chi connectivity index (χ4v) is 7.06. The molecule has 0 aliphatic carbocycles. The van der Waals surface area contributed by atoms with Gasteiger partial charge in [-0.3, -0.25) is 9.05 Å². The first-order chi connectivity index (χ1) is 25.4. The SMILES string of the molecule is O=P(O)(OCC(O)CO)O[C@H]1[C@H](O)[C@@H](O)[C@@H](O[C@@H]2[C@H](O)[C@@H](O)[C@@H](O[C@H]3[C@@H](O)[C@@H](CO)O[C@@H](O[C@H]4[C@H](O)[C@@H](O)[C@H](O)O[C@@H]4CO)[C@@H]3O)O[C@@H]2CO)O[C@@H]1CO. The summed E-state index contributed by atoms with van der Waals surface area (Å²) in [5.74, 6) is 0. The van der Waals surface area contributed by atoms with Crippen LogP contribution in [0.1, 0.15) is 0 Å². The first-order valence-corrected chi connectivity index (χ1v) is 18.0. The van der Waals surface area contributed by atoms with Gasteiger partial charge in [0.15, 0.2) is 25.2 Å². The third-order valence-electron chi connectivity index (χ3n) is 9.07. The van der Waals surface area contributed by atoms with E-state index in [0.29, 0.717) is 0 Å². The number of rotatable bonds is 16. The van der Waals surface area contributed by atoms with E-state index in [1.807, 2.05) is 0 Å². The van der Waals surface area contributed by atoms with Gasteiger partial charge in [-0.05, 0) is 0 Å². The van der Waals surface area contributed by atoms with Crippen molar-refractivity contribution >= 4 is 7.82 Å². The van der Waals surface area contributed by atoms with Gasteiger partial charge in [0.05, 0.1) is 39.6 Å². The fourth-order valence-electron chi connectivity index (χ4n) is 6.07. The lowest BCUT2D eigenvalue weighted by Gasteiger charge is -2.49. The van der Waals surface area contributed by atoms with Crippen LogP contribution >= 0.6 is 7.82 Å². The molecule has 318 valence electrons. The Hall–Kier alpha value is -0.770. The van der Waals surface area contributed by atoms with Crippen molar-refractivity contribution < 1.29 is 128 Å². The maximum absolute atomic E-state index is 12.3. The molecule has 0 radical (unpaired) electrons. The van der Waals surface area contributed by atoms with Gasteiger partial charge in [-0.2, -0.15) is 0 Å². The number of hydrogen-bond acceptors (Lipinski definition) is 25. The molecule has 2 unspecified atom stereocenters. The van der Waals surface area contributed by atoms with Crippen molar-refractivity contribution in [1.82, 2.24) is 0 Å². The van der Waals surface area contributed by atoms with Crippen molar-refractivity contribution in [1.29, 1.82) is 0 Å². The molecule has 54 heavy (non-hydrogen) atoms. The van der Waals surface area contributed by atoms with Crippen molar-refractivity contribution in [3.8, 4) is 0 Å². The van der Waals surface area contributed by atoms with E-state index in [-0.39, 0.29) is 0 Å². The first kappa shape index (κ1) is 45.9. The molecule has 27 heteroatoms. The van der Waals surface area contributed by atoms with E-state index < -0.39 is 176 Å². The lowest BCUT2D eigenvalue weighted by atomic mass is 9.95. The fraction of sp³-hybridized carbons (Fsp3) is 1.00. The smallest absolute Gasteiger partial charge is 0.394 e. The summed E-state index contributed by atoms with van der Waals surface area (Å²) >= 11 is 0. The number of aliphatic hydroxyl groups is 15. The number of aliphatic hydroxyl groups excluding tert-OH is 15. The van der Waals surface area contributed by atoms with E-state index >= 15 is 0 Å². The monoisotopic (exact) mass is 820 g/mol. The number of ether oxygens (including phenoxy) is 7. The lowest BCUT2D eigenvalue weighted by molar-refractivity contribution is -0.388. The summed E-state index contributed by atoms with van der Waals surface area (Å²) < 4.78 is 59.6. The molecule has 26 nitrogen and oxygen atoms in total. The van der Waals surface area contributed by atoms with Gasteiger partial charge >= 0.3 is 7.82 Å². The Morgan fingerprint density at radius 2 is 0.907 bits per heavy atom. The van der Waals surface area contributed by atoms with Crippen LogP contribution in [0.3, 0.4) is 0 Å². The van der Waals surface area contributed by atoms with E-state index in [1.54, 1.807) is 0 Å². The van der Waals surface area contributed by atoms with E-state index in [0.717, 1.165) is 0 Å². The van der Waals surface area contributed by atoms with Crippen LogP contribution in [0.2, 0.25) is 0 Å². The second-order valence-electron chi connectivity index (χ2n) is 12.8. The number of hydrogen-bond donors (Lipinski definition) is 16. The van der Waals surface area contributed by atoms with Gasteiger partial charge in [-0.1, -0.05) is 0 Å². The molecule has 4 saturated heterocycles. The highest BCUT2D eigenvalue weighted by Gasteiger charge is 2.56. The molecule has 4 aliphatic rings. The van der Waals surface area contributed by atoms with Gasteiger partial charge in [0.2, 0.25) is 0 Å². The van der Waals surface area contributed by atoms with Crippen LogP contribution in [0.25, 0.3) is 0 Å². The van der Waals surface area contributed by atoms with Crippen molar-refractivity contribution in [3.63, 3.8) is 0 Å². The van der Waals surface area contributed by atoms with Crippen molar-refractivity contribution in [2.45, 2.75) is 129 Å². The maximum atomic E-state index is 12.3. The summed E-state index contributed by atoms with van der Waals surface area (Å²) in [5.41, 5.74) is 0. The molecular weight excluding hydrogens is 771 g/mol. The lowest BCUT2D eigenvalue weighted by Crippen LogP contribution is -2.67. The van der Waals surface area contributed by atoms with Gasteiger partial charge < -0.3 is 115 Å². The highest BCUT2D eigenvalue weighted by molar-refractivity contribution is 7.47.